The third kappa shape index (κ3) is 4.41. The Kier molecular flexibility index (Phi) is 6.37. The lowest BCUT2D eigenvalue weighted by atomic mass is 9.78. The van der Waals surface area contributed by atoms with Crippen molar-refractivity contribution in [3.8, 4) is 6.07 Å². The van der Waals surface area contributed by atoms with Gasteiger partial charge in [-0.2, -0.15) is 5.26 Å². The standard InChI is InChI=1S/C18H28ClN3O2/c19-14-8-6-13(7-9-14)16-15(10-20)17(23)22-18(21-16)24-11-12-4-2-1-3-5-12/h12-16,18,21H,1-9,11H2,(H,22,23). The summed E-state index contributed by atoms with van der Waals surface area (Å²) < 4.78 is 5.95. The van der Waals surface area contributed by atoms with Gasteiger partial charge in [-0.15, -0.1) is 11.6 Å². The molecule has 134 valence electrons. The van der Waals surface area contributed by atoms with Crippen LogP contribution in [0.5, 0.6) is 0 Å². The number of carbonyl (C=O) groups excluding carboxylic acids is 1. The van der Waals surface area contributed by atoms with E-state index in [0.29, 0.717) is 18.4 Å². The van der Waals surface area contributed by atoms with Gasteiger partial charge in [0.1, 0.15) is 5.92 Å². The van der Waals surface area contributed by atoms with E-state index in [-0.39, 0.29) is 17.3 Å². The van der Waals surface area contributed by atoms with Crippen molar-refractivity contribution in [3.63, 3.8) is 0 Å². The van der Waals surface area contributed by atoms with Crippen molar-refractivity contribution < 1.29 is 9.53 Å². The van der Waals surface area contributed by atoms with Gasteiger partial charge in [0.2, 0.25) is 5.91 Å². The molecular weight excluding hydrogens is 326 g/mol. The van der Waals surface area contributed by atoms with E-state index in [1.807, 2.05) is 0 Å². The third-order valence-corrected chi connectivity index (χ3v) is 6.27. The van der Waals surface area contributed by atoms with Crippen molar-refractivity contribution in [2.45, 2.75) is 75.6 Å². The number of ether oxygens (including phenoxy) is 1. The molecule has 3 atom stereocenters. The van der Waals surface area contributed by atoms with Crippen LogP contribution in [0.25, 0.3) is 0 Å². The maximum Gasteiger partial charge on any atom is 0.241 e. The number of nitrogens with zero attached hydrogens (tertiary/aromatic N) is 1. The number of halogens is 1. The van der Waals surface area contributed by atoms with Crippen molar-refractivity contribution in [3.05, 3.63) is 0 Å². The number of nitrogens with one attached hydrogen (secondary N) is 2. The summed E-state index contributed by atoms with van der Waals surface area (Å²) >= 11 is 6.19. The molecule has 0 bridgehead atoms. The number of amides is 1. The summed E-state index contributed by atoms with van der Waals surface area (Å²) in [6.07, 6.45) is 9.68. The first kappa shape index (κ1) is 18.0. The fourth-order valence-electron chi connectivity index (χ4n) is 4.36. The van der Waals surface area contributed by atoms with E-state index in [1.165, 1.54) is 32.1 Å². The lowest BCUT2D eigenvalue weighted by Gasteiger charge is -2.40. The molecule has 6 heteroatoms. The predicted octanol–water partition coefficient (Wildman–Crippen LogP) is 2.89. The number of hydrogen-bond acceptors (Lipinski definition) is 4. The number of alkyl halides is 1. The van der Waals surface area contributed by atoms with E-state index in [0.717, 1.165) is 25.7 Å². The molecule has 2 aliphatic carbocycles. The Labute approximate surface area is 149 Å². The summed E-state index contributed by atoms with van der Waals surface area (Å²) in [6, 6.07) is 2.04. The zero-order chi connectivity index (χ0) is 16.9. The van der Waals surface area contributed by atoms with Gasteiger partial charge >= 0.3 is 0 Å². The molecule has 1 amide bonds. The molecule has 3 aliphatic rings. The molecule has 2 N–H and O–H groups in total. The summed E-state index contributed by atoms with van der Waals surface area (Å²) in [5.41, 5.74) is 0. The van der Waals surface area contributed by atoms with Gasteiger partial charge in [-0.25, -0.2) is 0 Å². The Morgan fingerprint density at radius 3 is 2.50 bits per heavy atom. The zero-order valence-electron chi connectivity index (χ0n) is 14.2. The Morgan fingerprint density at radius 2 is 1.83 bits per heavy atom. The van der Waals surface area contributed by atoms with E-state index < -0.39 is 12.3 Å². The van der Waals surface area contributed by atoms with Crippen molar-refractivity contribution in [1.82, 2.24) is 10.6 Å². The van der Waals surface area contributed by atoms with Crippen LogP contribution >= 0.6 is 11.6 Å². The molecule has 5 nitrogen and oxygen atoms in total. The van der Waals surface area contributed by atoms with Crippen LogP contribution in [0.3, 0.4) is 0 Å². The molecule has 1 saturated heterocycles. The summed E-state index contributed by atoms with van der Waals surface area (Å²) in [6.45, 7) is 0.677. The third-order valence-electron chi connectivity index (χ3n) is 5.83. The number of carbonyl (C=O) groups is 1. The van der Waals surface area contributed by atoms with Crippen LogP contribution in [-0.4, -0.2) is 30.3 Å². The predicted molar refractivity (Wildman–Crippen MR) is 92.1 cm³/mol. The molecule has 0 aromatic carbocycles. The first-order chi connectivity index (χ1) is 11.7. The van der Waals surface area contributed by atoms with Gasteiger partial charge in [0, 0.05) is 11.4 Å². The van der Waals surface area contributed by atoms with E-state index >= 15 is 0 Å². The van der Waals surface area contributed by atoms with Gasteiger partial charge in [-0.3, -0.25) is 10.1 Å². The second-order valence-electron chi connectivity index (χ2n) is 7.54. The van der Waals surface area contributed by atoms with Gasteiger partial charge in [0.05, 0.1) is 12.7 Å². The lowest BCUT2D eigenvalue weighted by Crippen LogP contribution is -2.64. The Hall–Kier alpha value is -0.830. The van der Waals surface area contributed by atoms with Crippen molar-refractivity contribution in [2.75, 3.05) is 6.61 Å². The van der Waals surface area contributed by atoms with E-state index in [1.54, 1.807) is 0 Å². The summed E-state index contributed by atoms with van der Waals surface area (Å²) in [5.74, 6) is 0.0621. The lowest BCUT2D eigenvalue weighted by molar-refractivity contribution is -0.138. The van der Waals surface area contributed by atoms with Crippen LogP contribution in [-0.2, 0) is 9.53 Å². The van der Waals surface area contributed by atoms with Gasteiger partial charge < -0.3 is 10.1 Å². The number of nitriles is 1. The van der Waals surface area contributed by atoms with E-state index in [2.05, 4.69) is 16.7 Å². The van der Waals surface area contributed by atoms with Crippen molar-refractivity contribution in [1.29, 1.82) is 5.26 Å². The maximum absolute atomic E-state index is 12.3. The number of hydrogen-bond donors (Lipinski definition) is 2. The normalized spacial score (nSPS) is 38.3. The minimum Gasteiger partial charge on any atom is -0.345 e. The van der Waals surface area contributed by atoms with Gasteiger partial charge in [-0.05, 0) is 50.4 Å². The van der Waals surface area contributed by atoms with Crippen LogP contribution in [0.2, 0.25) is 0 Å². The topological polar surface area (TPSA) is 74.2 Å². The minimum absolute atomic E-state index is 0.135. The van der Waals surface area contributed by atoms with Crippen LogP contribution in [0.1, 0.15) is 57.8 Å². The molecule has 3 unspecified atom stereocenters. The second-order valence-corrected chi connectivity index (χ2v) is 8.15. The highest BCUT2D eigenvalue weighted by Gasteiger charge is 2.41. The Morgan fingerprint density at radius 1 is 1.12 bits per heavy atom. The molecule has 1 heterocycles. The fourth-order valence-corrected chi connectivity index (χ4v) is 4.61. The highest BCUT2D eigenvalue weighted by molar-refractivity contribution is 6.20. The monoisotopic (exact) mass is 353 g/mol. The Balaban J connectivity index is 1.57. The molecule has 24 heavy (non-hydrogen) atoms. The van der Waals surface area contributed by atoms with Crippen LogP contribution in [0.4, 0.5) is 0 Å². The molecule has 0 aromatic rings. The SMILES string of the molecule is N#CC1C(=O)NC(OCC2CCCCC2)NC1C1CCC(Cl)CC1. The summed E-state index contributed by atoms with van der Waals surface area (Å²) in [4.78, 5) is 12.3. The minimum atomic E-state index is -0.642. The van der Waals surface area contributed by atoms with Crippen LogP contribution in [0.15, 0.2) is 0 Å². The van der Waals surface area contributed by atoms with Crippen LogP contribution in [0, 0.1) is 29.1 Å². The van der Waals surface area contributed by atoms with E-state index in [4.69, 9.17) is 16.3 Å². The average Bonchev–Trinajstić information content (AvgIpc) is 2.61. The quantitative estimate of drug-likeness (QED) is 0.762. The highest BCUT2D eigenvalue weighted by Crippen LogP contribution is 2.33. The molecule has 0 aromatic heterocycles. The number of rotatable bonds is 4. The average molecular weight is 354 g/mol. The molecule has 1 aliphatic heterocycles. The second kappa shape index (κ2) is 8.51. The maximum atomic E-state index is 12.3. The molecule has 0 radical (unpaired) electrons. The fraction of sp³-hybridized carbons (Fsp3) is 0.889. The van der Waals surface area contributed by atoms with Crippen LogP contribution < -0.4 is 10.6 Å². The summed E-state index contributed by atoms with van der Waals surface area (Å²) in [5, 5.41) is 15.9. The Bertz CT molecular complexity index is 467. The van der Waals surface area contributed by atoms with E-state index in [9.17, 15) is 10.1 Å². The van der Waals surface area contributed by atoms with Gasteiger partial charge in [0.15, 0.2) is 6.35 Å². The smallest absolute Gasteiger partial charge is 0.241 e. The molecule has 2 saturated carbocycles. The molecular formula is C18H28ClN3O2. The first-order valence-corrected chi connectivity index (χ1v) is 9.82. The van der Waals surface area contributed by atoms with Gasteiger partial charge in [-0.1, -0.05) is 19.3 Å². The first-order valence-electron chi connectivity index (χ1n) is 9.39. The molecule has 3 fully saturated rings. The van der Waals surface area contributed by atoms with Crippen molar-refractivity contribution >= 4 is 17.5 Å². The largest absolute Gasteiger partial charge is 0.345 e. The molecule has 0 spiro atoms. The van der Waals surface area contributed by atoms with Gasteiger partial charge in [0.25, 0.3) is 0 Å². The highest BCUT2D eigenvalue weighted by atomic mass is 35.5. The van der Waals surface area contributed by atoms with Crippen molar-refractivity contribution in [2.24, 2.45) is 17.8 Å². The molecule has 3 rings (SSSR count). The summed E-state index contributed by atoms with van der Waals surface area (Å²) in [7, 11) is 0. The zero-order valence-corrected chi connectivity index (χ0v) is 14.9.